The van der Waals surface area contributed by atoms with Crippen molar-refractivity contribution in [3.63, 3.8) is 0 Å². The van der Waals surface area contributed by atoms with Gasteiger partial charge in [-0.25, -0.2) is 0 Å². The summed E-state index contributed by atoms with van der Waals surface area (Å²) in [5.41, 5.74) is 1.75. The van der Waals surface area contributed by atoms with E-state index >= 15 is 0 Å². The highest BCUT2D eigenvalue weighted by atomic mass is 16.5. The summed E-state index contributed by atoms with van der Waals surface area (Å²) in [5.74, 6) is 4.85. The normalized spacial score (nSPS) is 43.4. The van der Waals surface area contributed by atoms with Crippen molar-refractivity contribution in [1.82, 2.24) is 0 Å². The molecule has 168 valence electrons. The van der Waals surface area contributed by atoms with E-state index in [2.05, 4.69) is 19.9 Å². The molecule has 0 radical (unpaired) electrons. The number of ketones is 1. The summed E-state index contributed by atoms with van der Waals surface area (Å²) >= 11 is 0. The van der Waals surface area contributed by atoms with E-state index in [1.165, 1.54) is 37.7 Å². The summed E-state index contributed by atoms with van der Waals surface area (Å²) < 4.78 is 11.9. The molecule has 0 aromatic carbocycles. The van der Waals surface area contributed by atoms with Gasteiger partial charge in [0, 0.05) is 24.7 Å². The quantitative estimate of drug-likeness (QED) is 0.457. The van der Waals surface area contributed by atoms with Crippen molar-refractivity contribution in [3.8, 4) is 0 Å². The molecule has 5 aliphatic carbocycles. The fourth-order valence-electron chi connectivity index (χ4n) is 8.58. The van der Waals surface area contributed by atoms with Crippen LogP contribution in [0.3, 0.4) is 0 Å². The van der Waals surface area contributed by atoms with E-state index in [1.54, 1.807) is 6.92 Å². The van der Waals surface area contributed by atoms with Gasteiger partial charge in [-0.15, -0.1) is 0 Å². The van der Waals surface area contributed by atoms with Crippen molar-refractivity contribution in [2.75, 3.05) is 0 Å². The maximum Gasteiger partial charge on any atom is 0.302 e. The van der Waals surface area contributed by atoms with E-state index < -0.39 is 0 Å². The molecule has 1 aromatic heterocycles. The molecule has 0 bridgehead atoms. The Labute approximate surface area is 185 Å². The van der Waals surface area contributed by atoms with Gasteiger partial charge in [-0.05, 0) is 98.5 Å². The van der Waals surface area contributed by atoms with Crippen LogP contribution in [0.2, 0.25) is 0 Å². The molecule has 4 fully saturated rings. The first-order valence-corrected chi connectivity index (χ1v) is 12.6. The van der Waals surface area contributed by atoms with E-state index in [9.17, 15) is 9.59 Å². The predicted octanol–water partition coefficient (Wildman–Crippen LogP) is 5.76. The van der Waals surface area contributed by atoms with Gasteiger partial charge in [-0.1, -0.05) is 13.8 Å². The second-order valence-electron chi connectivity index (χ2n) is 12.0. The first kappa shape index (κ1) is 20.1. The standard InChI is InChI=1S/C27H36O4/c1-15(28)30-24-9-8-20-19-7-6-18-13-22-17(12-23(31-22)25(29)16-4-5-16)14-27(18,3)21(19)10-11-26(20,24)2/h12,16,18-21,24H,4-11,13-14H2,1-3H3/t18-,19-,20-,21-,24-,26-,27-/m0/s1. The summed E-state index contributed by atoms with van der Waals surface area (Å²) in [5, 5.41) is 0. The van der Waals surface area contributed by atoms with Gasteiger partial charge in [-0.2, -0.15) is 0 Å². The Hall–Kier alpha value is -1.58. The van der Waals surface area contributed by atoms with Crippen LogP contribution in [0.25, 0.3) is 0 Å². The number of rotatable bonds is 3. The summed E-state index contributed by atoms with van der Waals surface area (Å²) in [4.78, 5) is 24.3. The molecule has 0 aliphatic heterocycles. The second kappa shape index (κ2) is 6.71. The number of hydrogen-bond donors (Lipinski definition) is 0. The number of fused-ring (bicyclic) bond motifs is 6. The number of furan rings is 1. The zero-order chi connectivity index (χ0) is 21.5. The largest absolute Gasteiger partial charge is 0.462 e. The van der Waals surface area contributed by atoms with Gasteiger partial charge in [0.05, 0.1) is 0 Å². The van der Waals surface area contributed by atoms with E-state index in [0.29, 0.717) is 23.0 Å². The Balaban J connectivity index is 1.27. The first-order valence-electron chi connectivity index (χ1n) is 12.6. The van der Waals surface area contributed by atoms with Gasteiger partial charge in [0.2, 0.25) is 5.78 Å². The number of hydrogen-bond acceptors (Lipinski definition) is 4. The van der Waals surface area contributed by atoms with Crippen LogP contribution in [0.5, 0.6) is 0 Å². The smallest absolute Gasteiger partial charge is 0.302 e. The lowest BCUT2D eigenvalue weighted by molar-refractivity contribution is -0.160. The average Bonchev–Trinajstić information content (AvgIpc) is 3.41. The molecule has 4 saturated carbocycles. The summed E-state index contributed by atoms with van der Waals surface area (Å²) in [7, 11) is 0. The number of carbonyl (C=O) groups is 2. The Morgan fingerprint density at radius 3 is 2.52 bits per heavy atom. The third-order valence-corrected chi connectivity index (χ3v) is 10.4. The van der Waals surface area contributed by atoms with E-state index in [4.69, 9.17) is 9.15 Å². The molecule has 31 heavy (non-hydrogen) atoms. The van der Waals surface area contributed by atoms with Crippen LogP contribution in [-0.4, -0.2) is 17.9 Å². The van der Waals surface area contributed by atoms with Gasteiger partial charge in [-0.3, -0.25) is 9.59 Å². The highest BCUT2D eigenvalue weighted by Gasteiger charge is 2.61. The number of Topliss-reactive ketones (excluding diaryl/α,β-unsaturated/α-hetero) is 1. The third-order valence-electron chi connectivity index (χ3n) is 10.4. The maximum atomic E-state index is 12.6. The monoisotopic (exact) mass is 424 g/mol. The summed E-state index contributed by atoms with van der Waals surface area (Å²) in [6, 6.07) is 2.10. The topological polar surface area (TPSA) is 56.5 Å². The highest BCUT2D eigenvalue weighted by molar-refractivity contribution is 5.97. The molecule has 4 heteroatoms. The molecule has 0 amide bonds. The fourth-order valence-corrected chi connectivity index (χ4v) is 8.58. The van der Waals surface area contributed by atoms with Gasteiger partial charge >= 0.3 is 5.97 Å². The fraction of sp³-hybridized carbons (Fsp3) is 0.778. The highest BCUT2D eigenvalue weighted by Crippen LogP contribution is 2.66. The Kier molecular flexibility index (Phi) is 4.34. The summed E-state index contributed by atoms with van der Waals surface area (Å²) in [6.07, 6.45) is 11.4. The molecular formula is C27H36O4. The molecule has 4 nitrogen and oxygen atoms in total. The van der Waals surface area contributed by atoms with Crippen LogP contribution >= 0.6 is 0 Å². The van der Waals surface area contributed by atoms with Crippen molar-refractivity contribution in [1.29, 1.82) is 0 Å². The lowest BCUT2D eigenvalue weighted by Gasteiger charge is -2.59. The molecule has 0 spiro atoms. The minimum absolute atomic E-state index is 0.101. The molecule has 6 rings (SSSR count). The minimum Gasteiger partial charge on any atom is -0.462 e. The van der Waals surface area contributed by atoms with Crippen molar-refractivity contribution in [2.45, 2.75) is 91.1 Å². The van der Waals surface area contributed by atoms with E-state index in [-0.39, 0.29) is 29.2 Å². The average molecular weight is 425 g/mol. The van der Waals surface area contributed by atoms with Gasteiger partial charge in [0.25, 0.3) is 0 Å². The summed E-state index contributed by atoms with van der Waals surface area (Å²) in [6.45, 7) is 6.49. The Morgan fingerprint density at radius 2 is 1.77 bits per heavy atom. The Bertz CT molecular complexity index is 926. The molecule has 7 atom stereocenters. The third kappa shape index (κ3) is 2.92. The second-order valence-corrected chi connectivity index (χ2v) is 12.0. The zero-order valence-electron chi connectivity index (χ0n) is 19.2. The van der Waals surface area contributed by atoms with Crippen molar-refractivity contribution < 1.29 is 18.7 Å². The minimum atomic E-state index is -0.124. The zero-order valence-corrected chi connectivity index (χ0v) is 19.2. The SMILES string of the molecule is CC(=O)O[C@H]1CC[C@H]2[C@@H]3CC[C@H]4Cc5oc(C(=O)C6CC6)cc5C[C@]4(C)[C@H]3CC[C@]12C. The number of carbonyl (C=O) groups excluding carboxylic acids is 2. The van der Waals surface area contributed by atoms with Crippen molar-refractivity contribution in [3.05, 3.63) is 23.2 Å². The molecule has 0 N–H and O–H groups in total. The number of esters is 1. The molecule has 0 saturated heterocycles. The first-order chi connectivity index (χ1) is 14.8. The van der Waals surface area contributed by atoms with Crippen LogP contribution in [0.1, 0.15) is 94.0 Å². The van der Waals surface area contributed by atoms with Crippen molar-refractivity contribution >= 4 is 11.8 Å². The molecule has 0 unspecified atom stereocenters. The lowest BCUT2D eigenvalue weighted by atomic mass is 9.45. The van der Waals surface area contributed by atoms with E-state index in [1.807, 2.05) is 0 Å². The van der Waals surface area contributed by atoms with Gasteiger partial charge in [0.1, 0.15) is 11.9 Å². The molecule has 1 heterocycles. The van der Waals surface area contributed by atoms with Crippen LogP contribution in [0.15, 0.2) is 10.5 Å². The number of ether oxygens (including phenoxy) is 1. The lowest BCUT2D eigenvalue weighted by Crippen LogP contribution is -2.54. The maximum absolute atomic E-state index is 12.6. The Morgan fingerprint density at radius 1 is 1.00 bits per heavy atom. The van der Waals surface area contributed by atoms with E-state index in [0.717, 1.165) is 49.7 Å². The van der Waals surface area contributed by atoms with Gasteiger partial charge < -0.3 is 9.15 Å². The van der Waals surface area contributed by atoms with Crippen molar-refractivity contribution in [2.24, 2.45) is 40.4 Å². The molecule has 5 aliphatic rings. The molecular weight excluding hydrogens is 388 g/mol. The predicted molar refractivity (Wildman–Crippen MR) is 117 cm³/mol. The van der Waals surface area contributed by atoms with Crippen LogP contribution in [-0.2, 0) is 22.4 Å². The van der Waals surface area contributed by atoms with Crippen LogP contribution in [0, 0.1) is 40.4 Å². The van der Waals surface area contributed by atoms with Crippen LogP contribution in [0.4, 0.5) is 0 Å². The van der Waals surface area contributed by atoms with Crippen LogP contribution < -0.4 is 0 Å². The van der Waals surface area contributed by atoms with Gasteiger partial charge in [0.15, 0.2) is 5.76 Å². The molecule has 1 aromatic rings.